The van der Waals surface area contributed by atoms with Crippen molar-refractivity contribution < 1.29 is 19.1 Å². The van der Waals surface area contributed by atoms with Gasteiger partial charge in [-0.1, -0.05) is 69.5 Å². The highest BCUT2D eigenvalue weighted by Gasteiger charge is 2.09. The number of carbonyl (C=O) groups excluding carboxylic acids is 2. The monoisotopic (exact) mass is 465 g/mol. The standard InChI is InChI=1S/C29H39NO4/c1-4-6-7-8-9-10-11-12-13-29(32)34-26-20-21-27(30-22-26)25-18-16-24(17-19-25)15-14-23(3)33-28(31)5-2/h10-11,16-23H,4-9,12-15H2,1-3H3. The third-order valence-corrected chi connectivity index (χ3v) is 5.58. The summed E-state index contributed by atoms with van der Waals surface area (Å²) in [6.45, 7) is 5.93. The second-order valence-corrected chi connectivity index (χ2v) is 8.60. The van der Waals surface area contributed by atoms with Gasteiger partial charge in [-0.25, -0.2) is 0 Å². The largest absolute Gasteiger partial charge is 0.463 e. The van der Waals surface area contributed by atoms with E-state index >= 15 is 0 Å². The van der Waals surface area contributed by atoms with E-state index in [1.807, 2.05) is 25.1 Å². The van der Waals surface area contributed by atoms with Crippen LogP contribution in [-0.4, -0.2) is 23.0 Å². The van der Waals surface area contributed by atoms with E-state index in [-0.39, 0.29) is 18.0 Å². The summed E-state index contributed by atoms with van der Waals surface area (Å²) in [5, 5.41) is 0. The van der Waals surface area contributed by atoms with Crippen LogP contribution >= 0.6 is 0 Å². The Labute approximate surface area is 204 Å². The molecule has 0 saturated heterocycles. The number of rotatable bonds is 15. The SMILES string of the molecule is CCCCCCC=CCCC(=O)Oc1ccc(-c2ccc(CCC(C)OC(=O)CC)cc2)nc1. The molecule has 0 bridgehead atoms. The summed E-state index contributed by atoms with van der Waals surface area (Å²) >= 11 is 0. The van der Waals surface area contributed by atoms with E-state index in [0.29, 0.717) is 25.0 Å². The summed E-state index contributed by atoms with van der Waals surface area (Å²) in [5.41, 5.74) is 3.00. The molecule has 1 aromatic carbocycles. The molecule has 2 rings (SSSR count). The van der Waals surface area contributed by atoms with Gasteiger partial charge in [0.1, 0.15) is 5.75 Å². The maximum absolute atomic E-state index is 12.1. The van der Waals surface area contributed by atoms with E-state index in [2.05, 4.69) is 36.2 Å². The number of aromatic nitrogens is 1. The number of hydrogen-bond acceptors (Lipinski definition) is 5. The molecule has 0 aliphatic heterocycles. The lowest BCUT2D eigenvalue weighted by Crippen LogP contribution is -2.14. The predicted octanol–water partition coefficient (Wildman–Crippen LogP) is 7.24. The van der Waals surface area contributed by atoms with Crippen LogP contribution in [0.3, 0.4) is 0 Å². The minimum atomic E-state index is -0.242. The van der Waals surface area contributed by atoms with Crippen molar-refractivity contribution in [2.75, 3.05) is 0 Å². The first-order valence-electron chi connectivity index (χ1n) is 12.6. The minimum absolute atomic E-state index is 0.0874. The van der Waals surface area contributed by atoms with E-state index in [4.69, 9.17) is 9.47 Å². The van der Waals surface area contributed by atoms with Crippen LogP contribution in [0.4, 0.5) is 0 Å². The number of ether oxygens (including phenoxy) is 2. The summed E-state index contributed by atoms with van der Waals surface area (Å²) in [6.07, 6.45) is 14.9. The van der Waals surface area contributed by atoms with Crippen LogP contribution in [0, 0.1) is 0 Å². The molecule has 1 aromatic heterocycles. The summed E-state index contributed by atoms with van der Waals surface area (Å²) < 4.78 is 10.7. The van der Waals surface area contributed by atoms with Gasteiger partial charge < -0.3 is 9.47 Å². The fraction of sp³-hybridized carbons (Fsp3) is 0.483. The smallest absolute Gasteiger partial charge is 0.311 e. The number of benzene rings is 1. The van der Waals surface area contributed by atoms with E-state index in [0.717, 1.165) is 30.5 Å². The van der Waals surface area contributed by atoms with Crippen LogP contribution in [0.5, 0.6) is 5.75 Å². The molecule has 34 heavy (non-hydrogen) atoms. The number of allylic oxidation sites excluding steroid dienone is 2. The first kappa shape index (κ1) is 27.3. The van der Waals surface area contributed by atoms with Crippen LogP contribution < -0.4 is 4.74 Å². The van der Waals surface area contributed by atoms with Crippen molar-refractivity contribution in [1.29, 1.82) is 0 Å². The van der Waals surface area contributed by atoms with Gasteiger partial charge in [-0.3, -0.25) is 14.6 Å². The number of pyridine rings is 1. The number of carbonyl (C=O) groups is 2. The van der Waals surface area contributed by atoms with Crippen LogP contribution in [0.15, 0.2) is 54.7 Å². The molecule has 0 amide bonds. The van der Waals surface area contributed by atoms with Crippen LogP contribution in [0.25, 0.3) is 11.3 Å². The molecule has 5 nitrogen and oxygen atoms in total. The van der Waals surface area contributed by atoms with Crippen molar-refractivity contribution in [2.24, 2.45) is 0 Å². The zero-order chi connectivity index (χ0) is 24.6. The fourth-order valence-corrected chi connectivity index (χ4v) is 3.50. The highest BCUT2D eigenvalue weighted by atomic mass is 16.5. The quantitative estimate of drug-likeness (QED) is 0.158. The lowest BCUT2D eigenvalue weighted by Gasteiger charge is -2.12. The Balaban J connectivity index is 1.74. The molecule has 0 spiro atoms. The van der Waals surface area contributed by atoms with Crippen molar-refractivity contribution in [2.45, 2.75) is 91.1 Å². The van der Waals surface area contributed by atoms with Crippen molar-refractivity contribution >= 4 is 11.9 Å². The van der Waals surface area contributed by atoms with Gasteiger partial charge in [0.25, 0.3) is 0 Å². The second-order valence-electron chi connectivity index (χ2n) is 8.60. The molecule has 184 valence electrons. The van der Waals surface area contributed by atoms with Crippen molar-refractivity contribution in [1.82, 2.24) is 4.98 Å². The van der Waals surface area contributed by atoms with Gasteiger partial charge in [-0.15, -0.1) is 0 Å². The first-order chi connectivity index (χ1) is 16.5. The molecule has 5 heteroatoms. The van der Waals surface area contributed by atoms with E-state index in [1.165, 1.54) is 31.2 Å². The summed E-state index contributed by atoms with van der Waals surface area (Å²) in [7, 11) is 0. The Kier molecular flexibility index (Phi) is 12.7. The molecular formula is C29H39NO4. The molecule has 0 saturated carbocycles. The van der Waals surface area contributed by atoms with Crippen LogP contribution in [0.2, 0.25) is 0 Å². The van der Waals surface area contributed by atoms with Gasteiger partial charge in [-0.2, -0.15) is 0 Å². The number of esters is 2. The predicted molar refractivity (Wildman–Crippen MR) is 137 cm³/mol. The third kappa shape index (κ3) is 10.8. The molecule has 0 radical (unpaired) electrons. The van der Waals surface area contributed by atoms with Gasteiger partial charge >= 0.3 is 11.9 Å². The zero-order valence-electron chi connectivity index (χ0n) is 20.9. The van der Waals surface area contributed by atoms with Crippen molar-refractivity contribution in [3.63, 3.8) is 0 Å². The topological polar surface area (TPSA) is 65.5 Å². The number of aryl methyl sites for hydroxylation is 1. The zero-order valence-corrected chi connectivity index (χ0v) is 20.9. The summed E-state index contributed by atoms with van der Waals surface area (Å²) in [5.74, 6) is 0.0611. The average Bonchev–Trinajstić information content (AvgIpc) is 2.85. The Morgan fingerprint density at radius 1 is 0.941 bits per heavy atom. The maximum Gasteiger partial charge on any atom is 0.311 e. The summed E-state index contributed by atoms with van der Waals surface area (Å²) in [6, 6.07) is 11.8. The van der Waals surface area contributed by atoms with Gasteiger partial charge in [0, 0.05) is 18.4 Å². The average molecular weight is 466 g/mol. The minimum Gasteiger partial charge on any atom is -0.463 e. The van der Waals surface area contributed by atoms with E-state index in [9.17, 15) is 9.59 Å². The Bertz CT molecular complexity index is 887. The second kappa shape index (κ2) is 15.8. The number of hydrogen-bond donors (Lipinski definition) is 0. The number of nitrogens with zero attached hydrogens (tertiary/aromatic N) is 1. The van der Waals surface area contributed by atoms with Gasteiger partial charge in [0.15, 0.2) is 0 Å². The Hall–Kier alpha value is -2.95. The normalized spacial score (nSPS) is 12.0. The molecule has 0 aliphatic carbocycles. The molecule has 1 unspecified atom stereocenters. The molecule has 1 atom stereocenters. The van der Waals surface area contributed by atoms with E-state index < -0.39 is 0 Å². The van der Waals surface area contributed by atoms with Crippen molar-refractivity contribution in [3.05, 3.63) is 60.3 Å². The third-order valence-electron chi connectivity index (χ3n) is 5.58. The summed E-state index contributed by atoms with van der Waals surface area (Å²) in [4.78, 5) is 27.9. The molecule has 2 aromatic rings. The Morgan fingerprint density at radius 2 is 1.71 bits per heavy atom. The lowest BCUT2D eigenvalue weighted by molar-refractivity contribution is -0.148. The number of unbranched alkanes of at least 4 members (excludes halogenated alkanes) is 4. The molecule has 0 N–H and O–H groups in total. The van der Waals surface area contributed by atoms with Crippen LogP contribution in [-0.2, 0) is 20.7 Å². The molecule has 1 heterocycles. The van der Waals surface area contributed by atoms with Gasteiger partial charge in [-0.05, 0) is 56.7 Å². The first-order valence-corrected chi connectivity index (χ1v) is 12.6. The fourth-order valence-electron chi connectivity index (χ4n) is 3.50. The Morgan fingerprint density at radius 3 is 2.38 bits per heavy atom. The maximum atomic E-state index is 12.1. The molecule has 0 aliphatic rings. The van der Waals surface area contributed by atoms with E-state index in [1.54, 1.807) is 19.2 Å². The van der Waals surface area contributed by atoms with Gasteiger partial charge in [0.05, 0.1) is 18.0 Å². The van der Waals surface area contributed by atoms with Crippen LogP contribution in [0.1, 0.15) is 84.1 Å². The van der Waals surface area contributed by atoms with Gasteiger partial charge in [0.2, 0.25) is 0 Å². The lowest BCUT2D eigenvalue weighted by atomic mass is 10.0. The highest BCUT2D eigenvalue weighted by molar-refractivity contribution is 5.72. The molecule has 0 fully saturated rings. The highest BCUT2D eigenvalue weighted by Crippen LogP contribution is 2.21. The molecular weight excluding hydrogens is 426 g/mol. The van der Waals surface area contributed by atoms with Crippen molar-refractivity contribution in [3.8, 4) is 17.0 Å².